The Hall–Kier alpha value is -1.84. The van der Waals surface area contributed by atoms with Gasteiger partial charge in [0, 0.05) is 12.6 Å². The number of alkyl halides is 15. The van der Waals surface area contributed by atoms with Crippen LogP contribution < -0.4 is 0 Å². The molecule has 172 valence electrons. The summed E-state index contributed by atoms with van der Waals surface area (Å²) in [6.45, 7) is 3.17. The molecule has 0 aromatic carbocycles. The summed E-state index contributed by atoms with van der Waals surface area (Å²) in [4.78, 5) is 9.51. The van der Waals surface area contributed by atoms with E-state index in [1.54, 1.807) is 0 Å². The highest BCUT2D eigenvalue weighted by molar-refractivity contribution is 5.92. The zero-order chi connectivity index (χ0) is 24.2. The summed E-state index contributed by atoms with van der Waals surface area (Å²) in [6.07, 6.45) is -7.67. The van der Waals surface area contributed by atoms with Gasteiger partial charge in [0.1, 0.15) is 0 Å². The molecule has 2 nitrogen and oxygen atoms in total. The van der Waals surface area contributed by atoms with E-state index in [0.29, 0.717) is 6.92 Å². The Balaban J connectivity index is 6.65. The quantitative estimate of drug-likeness (QED) is 0.281. The highest BCUT2D eigenvalue weighted by Gasteiger charge is 2.93. The Morgan fingerprint density at radius 3 is 1.17 bits per heavy atom. The van der Waals surface area contributed by atoms with Gasteiger partial charge in [-0.1, -0.05) is 6.58 Å². The van der Waals surface area contributed by atoms with E-state index in [1.165, 1.54) is 0 Å². The van der Waals surface area contributed by atoms with Crippen LogP contribution >= 0.6 is 0 Å². The van der Waals surface area contributed by atoms with Crippen LogP contribution in [0, 0.1) is 0 Å². The first kappa shape index (κ1) is 27.2. The summed E-state index contributed by atoms with van der Waals surface area (Å²) in [6, 6.07) is -6.78. The fraction of sp³-hybridized carbons (Fsp3) is 0.750. The molecule has 0 saturated heterocycles. The summed E-state index contributed by atoms with van der Waals surface area (Å²) in [5, 5.41) is 0. The van der Waals surface area contributed by atoms with Crippen molar-refractivity contribution in [3.05, 3.63) is 12.2 Å². The van der Waals surface area contributed by atoms with E-state index < -0.39 is 65.3 Å². The normalized spacial score (nSPS) is 15.3. The standard InChI is InChI=1S/C12H8F15NO/c1-4(2)5(29)28(3)12(26,27)10(21,22)8(17,18)6(13,14)7(15,16)9(19,20)11(23,24)25/h1H2,2-3H3. The lowest BCUT2D eigenvalue weighted by molar-refractivity contribution is -0.458. The molecule has 0 saturated carbocycles. The smallest absolute Gasteiger partial charge is 0.277 e. The minimum absolute atomic E-state index is 0.401. The average molecular weight is 467 g/mol. The molecule has 0 N–H and O–H groups in total. The average Bonchev–Trinajstić information content (AvgIpc) is 2.50. The van der Waals surface area contributed by atoms with Gasteiger partial charge >= 0.3 is 41.8 Å². The molecule has 1 amide bonds. The van der Waals surface area contributed by atoms with Crippen molar-refractivity contribution in [3.8, 4) is 0 Å². The first-order valence-electron chi connectivity index (χ1n) is 6.54. The monoisotopic (exact) mass is 467 g/mol. The highest BCUT2D eigenvalue weighted by atomic mass is 19.4. The van der Waals surface area contributed by atoms with Gasteiger partial charge in [0.2, 0.25) is 0 Å². The lowest BCUT2D eigenvalue weighted by Crippen LogP contribution is -2.74. The molecular weight excluding hydrogens is 459 g/mol. The molecule has 0 aliphatic carbocycles. The van der Waals surface area contributed by atoms with Crippen LogP contribution in [0.2, 0.25) is 0 Å². The number of rotatable bonds is 7. The van der Waals surface area contributed by atoms with Crippen LogP contribution in [0.3, 0.4) is 0 Å². The van der Waals surface area contributed by atoms with Crippen LogP contribution in [0.4, 0.5) is 65.9 Å². The number of hydrogen-bond donors (Lipinski definition) is 0. The third-order valence-electron chi connectivity index (χ3n) is 3.40. The summed E-state index contributed by atoms with van der Waals surface area (Å²) >= 11 is 0. The molecular formula is C12H8F15NO. The Labute approximate surface area is 150 Å². The zero-order valence-electron chi connectivity index (χ0n) is 13.7. The minimum atomic E-state index is -8.39. The van der Waals surface area contributed by atoms with Gasteiger partial charge < -0.3 is 0 Å². The molecule has 0 rings (SSSR count). The summed E-state index contributed by atoms with van der Waals surface area (Å²) in [5.74, 6) is -43.1. The van der Waals surface area contributed by atoms with Gasteiger partial charge in [-0.05, 0) is 6.92 Å². The second kappa shape index (κ2) is 6.85. The number of carbonyl (C=O) groups is 1. The van der Waals surface area contributed by atoms with Crippen LogP contribution in [0.25, 0.3) is 0 Å². The van der Waals surface area contributed by atoms with Crippen molar-refractivity contribution in [1.29, 1.82) is 0 Å². The number of amides is 1. The van der Waals surface area contributed by atoms with Crippen molar-refractivity contribution in [2.75, 3.05) is 7.05 Å². The van der Waals surface area contributed by atoms with E-state index in [9.17, 15) is 70.7 Å². The maximum absolute atomic E-state index is 13.6. The van der Waals surface area contributed by atoms with Crippen LogP contribution in [-0.2, 0) is 4.79 Å². The Bertz CT molecular complexity index is 663. The van der Waals surface area contributed by atoms with E-state index in [1.807, 2.05) is 0 Å². The maximum Gasteiger partial charge on any atom is 0.460 e. The third-order valence-corrected chi connectivity index (χ3v) is 3.40. The second-order valence-corrected chi connectivity index (χ2v) is 5.56. The molecule has 0 atom stereocenters. The highest BCUT2D eigenvalue weighted by Crippen LogP contribution is 2.62. The largest absolute Gasteiger partial charge is 0.460 e. The number of carbonyl (C=O) groups excluding carboxylic acids is 1. The van der Waals surface area contributed by atoms with E-state index in [2.05, 4.69) is 6.58 Å². The van der Waals surface area contributed by atoms with Crippen molar-refractivity contribution in [3.63, 3.8) is 0 Å². The van der Waals surface area contributed by atoms with Gasteiger partial charge in [-0.25, -0.2) is 0 Å². The summed E-state index contributed by atoms with van der Waals surface area (Å²) in [5.41, 5.74) is -1.08. The van der Waals surface area contributed by atoms with Crippen molar-refractivity contribution < 1.29 is 70.7 Å². The molecule has 0 aliphatic rings. The van der Waals surface area contributed by atoms with Crippen LogP contribution in [0.1, 0.15) is 6.92 Å². The lowest BCUT2D eigenvalue weighted by atomic mass is 9.92. The van der Waals surface area contributed by atoms with Gasteiger partial charge in [-0.3, -0.25) is 9.69 Å². The van der Waals surface area contributed by atoms with E-state index in [0.717, 1.165) is 0 Å². The molecule has 0 aliphatic heterocycles. The van der Waals surface area contributed by atoms with Gasteiger partial charge in [0.05, 0.1) is 0 Å². The molecule has 0 unspecified atom stereocenters. The van der Waals surface area contributed by atoms with Crippen LogP contribution in [-0.4, -0.2) is 59.7 Å². The van der Waals surface area contributed by atoms with Crippen molar-refractivity contribution in [2.45, 2.75) is 48.8 Å². The topological polar surface area (TPSA) is 20.3 Å². The second-order valence-electron chi connectivity index (χ2n) is 5.56. The molecule has 17 heteroatoms. The number of hydrogen-bond acceptors (Lipinski definition) is 1. The van der Waals surface area contributed by atoms with Crippen molar-refractivity contribution in [1.82, 2.24) is 4.90 Å². The van der Waals surface area contributed by atoms with Crippen molar-refractivity contribution >= 4 is 5.91 Å². The van der Waals surface area contributed by atoms with E-state index in [4.69, 9.17) is 0 Å². The Kier molecular flexibility index (Phi) is 6.42. The minimum Gasteiger partial charge on any atom is -0.277 e. The fourth-order valence-corrected chi connectivity index (χ4v) is 1.58. The van der Waals surface area contributed by atoms with Crippen LogP contribution in [0.5, 0.6) is 0 Å². The van der Waals surface area contributed by atoms with Gasteiger partial charge in [-0.15, -0.1) is 0 Å². The molecule has 0 spiro atoms. The van der Waals surface area contributed by atoms with Crippen molar-refractivity contribution in [2.24, 2.45) is 0 Å². The molecule has 0 fully saturated rings. The predicted molar refractivity (Wildman–Crippen MR) is 63.3 cm³/mol. The molecule has 0 radical (unpaired) electrons. The predicted octanol–water partition coefficient (Wildman–Crippen LogP) is 5.35. The third kappa shape index (κ3) is 3.49. The maximum atomic E-state index is 13.6. The van der Waals surface area contributed by atoms with Gasteiger partial charge in [0.25, 0.3) is 5.91 Å². The zero-order valence-corrected chi connectivity index (χ0v) is 13.7. The lowest BCUT2D eigenvalue weighted by Gasteiger charge is -2.43. The molecule has 0 heterocycles. The summed E-state index contributed by atoms with van der Waals surface area (Å²) < 4.78 is 194. The fourth-order valence-electron chi connectivity index (χ4n) is 1.58. The molecule has 29 heavy (non-hydrogen) atoms. The van der Waals surface area contributed by atoms with Crippen LogP contribution in [0.15, 0.2) is 12.2 Å². The Morgan fingerprint density at radius 1 is 0.621 bits per heavy atom. The molecule has 0 bridgehead atoms. The first-order valence-corrected chi connectivity index (χ1v) is 6.54. The van der Waals surface area contributed by atoms with Gasteiger partial charge in [-0.2, -0.15) is 65.9 Å². The number of likely N-dealkylation sites (N-methyl/N-ethyl adjacent to an activating group) is 1. The van der Waals surface area contributed by atoms with E-state index >= 15 is 0 Å². The SMILES string of the molecule is C=C(C)C(=O)N(C)C(F)(F)C(F)(F)C(F)(F)C(F)(F)C(F)(F)C(F)(F)C(F)(F)F. The first-order chi connectivity index (χ1) is 12.3. The summed E-state index contributed by atoms with van der Waals surface area (Å²) in [7, 11) is -0.401. The molecule has 0 aromatic heterocycles. The number of halogens is 15. The molecule has 0 aromatic rings. The number of nitrogens with zero attached hydrogens (tertiary/aromatic N) is 1. The van der Waals surface area contributed by atoms with E-state index in [-0.39, 0.29) is 0 Å². The van der Waals surface area contributed by atoms with Gasteiger partial charge in [0.15, 0.2) is 0 Å². The Morgan fingerprint density at radius 2 is 0.897 bits per heavy atom.